The Hall–Kier alpha value is -3.35. The highest BCUT2D eigenvalue weighted by molar-refractivity contribution is 5.85. The second-order valence-corrected chi connectivity index (χ2v) is 5.93. The molecule has 2 aromatic carbocycles. The lowest BCUT2D eigenvalue weighted by molar-refractivity contribution is -0.141. The monoisotopic (exact) mass is 370 g/mol. The van der Waals surface area contributed by atoms with Gasteiger partial charge in [-0.25, -0.2) is 4.79 Å². The molecule has 142 valence electrons. The molecule has 0 aliphatic heterocycles. The molecule has 0 saturated carbocycles. The number of carbonyl (C=O) groups is 3. The first-order chi connectivity index (χ1) is 13.0. The van der Waals surface area contributed by atoms with Gasteiger partial charge in [-0.05, 0) is 23.3 Å². The Kier molecular flexibility index (Phi) is 7.37. The van der Waals surface area contributed by atoms with Crippen molar-refractivity contribution in [1.82, 2.24) is 10.6 Å². The molecular weight excluding hydrogens is 348 g/mol. The standard InChI is InChI=1S/C20H22N2O5/c1-21-19(24)13-27-16-9-5-8-15(10-16)12-18(23)22-17(20(25)26)11-14-6-3-2-4-7-14/h2-10,17H,11-13H2,1H3,(H,21,24)(H,22,23)(H,25,26)/t17-/m0/s1. The predicted molar refractivity (Wildman–Crippen MR) is 99.4 cm³/mol. The number of likely N-dealkylation sites (N-methyl/N-ethyl adjacent to an activating group) is 1. The van der Waals surface area contributed by atoms with Crippen LogP contribution in [-0.2, 0) is 27.2 Å². The molecule has 2 aromatic rings. The van der Waals surface area contributed by atoms with Crippen molar-refractivity contribution < 1.29 is 24.2 Å². The summed E-state index contributed by atoms with van der Waals surface area (Å²) in [6, 6.07) is 14.9. The lowest BCUT2D eigenvalue weighted by Crippen LogP contribution is -2.43. The van der Waals surface area contributed by atoms with Gasteiger partial charge in [0.25, 0.3) is 5.91 Å². The Morgan fingerprint density at radius 3 is 2.37 bits per heavy atom. The summed E-state index contributed by atoms with van der Waals surface area (Å²) in [5.41, 5.74) is 1.49. The second-order valence-electron chi connectivity index (χ2n) is 5.93. The van der Waals surface area contributed by atoms with Gasteiger partial charge in [0.05, 0.1) is 6.42 Å². The van der Waals surface area contributed by atoms with E-state index in [1.807, 2.05) is 30.3 Å². The lowest BCUT2D eigenvalue weighted by Gasteiger charge is -2.15. The minimum Gasteiger partial charge on any atom is -0.484 e. The summed E-state index contributed by atoms with van der Waals surface area (Å²) in [5.74, 6) is -1.29. The second kappa shape index (κ2) is 9.96. The summed E-state index contributed by atoms with van der Waals surface area (Å²) < 4.78 is 5.34. The Morgan fingerprint density at radius 2 is 1.70 bits per heavy atom. The normalized spacial score (nSPS) is 11.3. The van der Waals surface area contributed by atoms with Crippen molar-refractivity contribution in [3.05, 3.63) is 65.7 Å². The van der Waals surface area contributed by atoms with E-state index in [9.17, 15) is 19.5 Å². The fourth-order valence-electron chi connectivity index (χ4n) is 2.45. The summed E-state index contributed by atoms with van der Waals surface area (Å²) in [6.45, 7) is -0.121. The van der Waals surface area contributed by atoms with Crippen LogP contribution in [0, 0.1) is 0 Å². The first-order valence-corrected chi connectivity index (χ1v) is 8.46. The summed E-state index contributed by atoms with van der Waals surface area (Å²) in [4.78, 5) is 34.9. The predicted octanol–water partition coefficient (Wildman–Crippen LogP) is 1.17. The molecule has 1 atom stereocenters. The van der Waals surface area contributed by atoms with E-state index in [1.54, 1.807) is 24.3 Å². The maximum absolute atomic E-state index is 12.3. The molecule has 27 heavy (non-hydrogen) atoms. The molecule has 7 nitrogen and oxygen atoms in total. The summed E-state index contributed by atoms with van der Waals surface area (Å²) in [5, 5.41) is 14.4. The van der Waals surface area contributed by atoms with Crippen molar-refractivity contribution in [2.75, 3.05) is 13.7 Å². The topological polar surface area (TPSA) is 105 Å². The van der Waals surface area contributed by atoms with Crippen LogP contribution in [0.2, 0.25) is 0 Å². The molecule has 2 rings (SSSR count). The number of nitrogens with one attached hydrogen (secondary N) is 2. The van der Waals surface area contributed by atoms with Crippen LogP contribution in [-0.4, -0.2) is 42.6 Å². The maximum atomic E-state index is 12.3. The van der Waals surface area contributed by atoms with Crippen molar-refractivity contribution in [1.29, 1.82) is 0 Å². The van der Waals surface area contributed by atoms with Crippen molar-refractivity contribution in [2.45, 2.75) is 18.9 Å². The minimum absolute atomic E-state index is 0.00967. The number of ether oxygens (including phenoxy) is 1. The molecule has 0 unspecified atom stereocenters. The minimum atomic E-state index is -1.09. The highest BCUT2D eigenvalue weighted by Gasteiger charge is 2.20. The van der Waals surface area contributed by atoms with Gasteiger partial charge in [0, 0.05) is 13.5 Å². The molecule has 0 saturated heterocycles. The van der Waals surface area contributed by atoms with E-state index in [0.717, 1.165) is 5.56 Å². The molecule has 0 bridgehead atoms. The first-order valence-electron chi connectivity index (χ1n) is 8.46. The molecule has 2 amide bonds. The quantitative estimate of drug-likeness (QED) is 0.615. The summed E-state index contributed by atoms with van der Waals surface area (Å²) in [7, 11) is 1.51. The number of rotatable bonds is 9. The smallest absolute Gasteiger partial charge is 0.326 e. The van der Waals surface area contributed by atoms with Crippen molar-refractivity contribution in [3.63, 3.8) is 0 Å². The third-order valence-corrected chi connectivity index (χ3v) is 3.83. The van der Waals surface area contributed by atoms with E-state index in [-0.39, 0.29) is 25.4 Å². The third kappa shape index (κ3) is 6.81. The molecule has 0 aromatic heterocycles. The van der Waals surface area contributed by atoms with E-state index in [2.05, 4.69) is 10.6 Å². The summed E-state index contributed by atoms with van der Waals surface area (Å²) >= 11 is 0. The van der Waals surface area contributed by atoms with Crippen LogP contribution >= 0.6 is 0 Å². The largest absolute Gasteiger partial charge is 0.484 e. The van der Waals surface area contributed by atoms with Gasteiger partial charge < -0.3 is 20.5 Å². The van der Waals surface area contributed by atoms with E-state index in [4.69, 9.17) is 4.74 Å². The van der Waals surface area contributed by atoms with Crippen LogP contribution in [0.25, 0.3) is 0 Å². The van der Waals surface area contributed by atoms with Gasteiger partial charge in [-0.2, -0.15) is 0 Å². The number of carboxylic acids is 1. The molecule has 0 heterocycles. The molecule has 0 aliphatic carbocycles. The van der Waals surface area contributed by atoms with E-state index in [1.165, 1.54) is 7.05 Å². The SMILES string of the molecule is CNC(=O)COc1cccc(CC(=O)N[C@@H](Cc2ccccc2)C(=O)O)c1. The molecular formula is C20H22N2O5. The zero-order valence-electron chi connectivity index (χ0n) is 15.0. The Labute approximate surface area is 157 Å². The molecule has 0 radical (unpaired) electrons. The average Bonchev–Trinajstić information content (AvgIpc) is 2.66. The van der Waals surface area contributed by atoms with Gasteiger partial charge in [-0.3, -0.25) is 9.59 Å². The first kappa shape index (κ1) is 20.0. The van der Waals surface area contributed by atoms with Crippen molar-refractivity contribution >= 4 is 17.8 Å². The highest BCUT2D eigenvalue weighted by Crippen LogP contribution is 2.14. The van der Waals surface area contributed by atoms with Crippen LogP contribution in [0.4, 0.5) is 0 Å². The fourth-order valence-corrected chi connectivity index (χ4v) is 2.45. The van der Waals surface area contributed by atoms with Crippen LogP contribution in [0.3, 0.4) is 0 Å². The van der Waals surface area contributed by atoms with Gasteiger partial charge in [0.2, 0.25) is 5.91 Å². The molecule has 3 N–H and O–H groups in total. The van der Waals surface area contributed by atoms with Crippen molar-refractivity contribution in [3.8, 4) is 5.75 Å². The number of hydrogen-bond acceptors (Lipinski definition) is 4. The number of hydrogen-bond donors (Lipinski definition) is 3. The Morgan fingerprint density at radius 1 is 1.00 bits per heavy atom. The number of aliphatic carboxylic acids is 1. The van der Waals surface area contributed by atoms with E-state index < -0.39 is 17.9 Å². The fraction of sp³-hybridized carbons (Fsp3) is 0.250. The van der Waals surface area contributed by atoms with Crippen molar-refractivity contribution in [2.24, 2.45) is 0 Å². The van der Waals surface area contributed by atoms with Gasteiger partial charge >= 0.3 is 5.97 Å². The van der Waals surface area contributed by atoms with Gasteiger partial charge in [-0.15, -0.1) is 0 Å². The Balaban J connectivity index is 1.95. The van der Waals surface area contributed by atoms with Gasteiger partial charge in [-0.1, -0.05) is 42.5 Å². The highest BCUT2D eigenvalue weighted by atomic mass is 16.5. The number of amides is 2. The van der Waals surface area contributed by atoms with E-state index >= 15 is 0 Å². The summed E-state index contributed by atoms with van der Waals surface area (Å²) in [6.07, 6.45) is 0.215. The average molecular weight is 370 g/mol. The third-order valence-electron chi connectivity index (χ3n) is 3.83. The molecule has 0 aliphatic rings. The van der Waals surface area contributed by atoms with Crippen LogP contribution < -0.4 is 15.4 Å². The van der Waals surface area contributed by atoms with E-state index in [0.29, 0.717) is 11.3 Å². The lowest BCUT2D eigenvalue weighted by atomic mass is 10.1. The maximum Gasteiger partial charge on any atom is 0.326 e. The Bertz CT molecular complexity index is 792. The number of carboxylic acid groups (broad SMARTS) is 1. The van der Waals surface area contributed by atoms with Crippen LogP contribution in [0.1, 0.15) is 11.1 Å². The zero-order chi connectivity index (χ0) is 19.6. The van der Waals surface area contributed by atoms with Crippen LogP contribution in [0.15, 0.2) is 54.6 Å². The van der Waals surface area contributed by atoms with Crippen LogP contribution in [0.5, 0.6) is 5.75 Å². The number of benzene rings is 2. The zero-order valence-corrected chi connectivity index (χ0v) is 15.0. The molecule has 0 fully saturated rings. The number of carbonyl (C=O) groups excluding carboxylic acids is 2. The van der Waals surface area contributed by atoms with Gasteiger partial charge in [0.15, 0.2) is 6.61 Å². The molecule has 7 heteroatoms. The van der Waals surface area contributed by atoms with Gasteiger partial charge in [0.1, 0.15) is 11.8 Å². The molecule has 0 spiro atoms.